The molecule has 0 aliphatic rings. The summed E-state index contributed by atoms with van der Waals surface area (Å²) in [5.74, 6) is 0.115. The third-order valence-corrected chi connectivity index (χ3v) is 4.47. The standard InChI is InChI=1S/C17H22N4O2S/c1-12-4-5-14(13(2)10-12)20-16(23)11-15(22)18-7-9-24-17-19-6-8-21(17)3/h4-6,8,10H,7,9,11H2,1-3H3,(H,18,22)(H,20,23). The van der Waals surface area contributed by atoms with Gasteiger partial charge in [-0.1, -0.05) is 29.5 Å². The fourth-order valence-electron chi connectivity index (χ4n) is 2.18. The minimum absolute atomic E-state index is 0.180. The largest absolute Gasteiger partial charge is 0.355 e. The number of hydrogen-bond acceptors (Lipinski definition) is 4. The molecule has 24 heavy (non-hydrogen) atoms. The fourth-order valence-corrected chi connectivity index (χ4v) is 2.97. The van der Waals surface area contributed by atoms with Crippen LogP contribution in [0.4, 0.5) is 5.69 Å². The topological polar surface area (TPSA) is 76.0 Å². The highest BCUT2D eigenvalue weighted by atomic mass is 32.2. The summed E-state index contributed by atoms with van der Waals surface area (Å²) in [7, 11) is 1.92. The molecule has 0 aliphatic carbocycles. The number of carbonyl (C=O) groups is 2. The molecule has 2 amide bonds. The summed E-state index contributed by atoms with van der Waals surface area (Å²) >= 11 is 1.56. The van der Waals surface area contributed by atoms with Crippen LogP contribution in [0.1, 0.15) is 17.5 Å². The van der Waals surface area contributed by atoms with Gasteiger partial charge in [-0.3, -0.25) is 9.59 Å². The van der Waals surface area contributed by atoms with Crippen LogP contribution in [-0.2, 0) is 16.6 Å². The van der Waals surface area contributed by atoms with E-state index in [1.54, 1.807) is 18.0 Å². The van der Waals surface area contributed by atoms with Crippen molar-refractivity contribution in [1.29, 1.82) is 0 Å². The number of carbonyl (C=O) groups excluding carboxylic acids is 2. The van der Waals surface area contributed by atoms with Crippen molar-refractivity contribution < 1.29 is 9.59 Å². The summed E-state index contributed by atoms with van der Waals surface area (Å²) in [5, 5.41) is 6.42. The summed E-state index contributed by atoms with van der Waals surface area (Å²) in [5.41, 5.74) is 2.85. The van der Waals surface area contributed by atoms with E-state index in [0.717, 1.165) is 22.0 Å². The van der Waals surface area contributed by atoms with Gasteiger partial charge in [-0.15, -0.1) is 0 Å². The Kier molecular flexibility index (Phi) is 6.43. The minimum atomic E-state index is -0.309. The van der Waals surface area contributed by atoms with Crippen molar-refractivity contribution in [2.24, 2.45) is 7.05 Å². The number of imidazole rings is 1. The highest BCUT2D eigenvalue weighted by molar-refractivity contribution is 7.99. The van der Waals surface area contributed by atoms with Gasteiger partial charge in [0.25, 0.3) is 0 Å². The molecule has 0 fully saturated rings. The highest BCUT2D eigenvalue weighted by Gasteiger charge is 2.10. The van der Waals surface area contributed by atoms with E-state index in [1.165, 1.54) is 0 Å². The molecule has 0 radical (unpaired) electrons. The first-order valence-corrected chi connectivity index (χ1v) is 8.68. The van der Waals surface area contributed by atoms with Crippen LogP contribution in [0.5, 0.6) is 0 Å². The summed E-state index contributed by atoms with van der Waals surface area (Å²) < 4.78 is 1.92. The Balaban J connectivity index is 1.69. The van der Waals surface area contributed by atoms with Gasteiger partial charge in [-0.25, -0.2) is 4.98 Å². The zero-order valence-electron chi connectivity index (χ0n) is 14.1. The molecular weight excluding hydrogens is 324 g/mol. The number of aryl methyl sites for hydroxylation is 3. The average Bonchev–Trinajstić information content (AvgIpc) is 2.92. The first-order valence-electron chi connectivity index (χ1n) is 7.69. The number of hydrogen-bond donors (Lipinski definition) is 2. The van der Waals surface area contributed by atoms with E-state index in [4.69, 9.17) is 0 Å². The molecule has 0 bridgehead atoms. The van der Waals surface area contributed by atoms with Gasteiger partial charge in [0.15, 0.2) is 5.16 Å². The van der Waals surface area contributed by atoms with E-state index in [0.29, 0.717) is 12.3 Å². The van der Waals surface area contributed by atoms with E-state index in [-0.39, 0.29) is 18.2 Å². The lowest BCUT2D eigenvalue weighted by Gasteiger charge is -2.09. The lowest BCUT2D eigenvalue weighted by molar-refractivity contribution is -0.126. The van der Waals surface area contributed by atoms with Gasteiger partial charge < -0.3 is 15.2 Å². The predicted molar refractivity (Wildman–Crippen MR) is 96.1 cm³/mol. The molecule has 1 aromatic heterocycles. The number of anilines is 1. The number of thioether (sulfide) groups is 1. The number of nitrogens with zero attached hydrogens (tertiary/aromatic N) is 2. The van der Waals surface area contributed by atoms with E-state index in [2.05, 4.69) is 15.6 Å². The summed E-state index contributed by atoms with van der Waals surface area (Å²) in [4.78, 5) is 27.9. The maximum Gasteiger partial charge on any atom is 0.233 e. The zero-order valence-corrected chi connectivity index (χ0v) is 14.9. The SMILES string of the molecule is Cc1ccc(NC(=O)CC(=O)NCCSc2nccn2C)c(C)c1. The van der Waals surface area contributed by atoms with Crippen molar-refractivity contribution in [2.75, 3.05) is 17.6 Å². The van der Waals surface area contributed by atoms with E-state index in [9.17, 15) is 9.59 Å². The first-order chi connectivity index (χ1) is 11.5. The Hall–Kier alpha value is -2.28. The van der Waals surface area contributed by atoms with Crippen LogP contribution >= 0.6 is 11.8 Å². The monoisotopic (exact) mass is 346 g/mol. The third-order valence-electron chi connectivity index (χ3n) is 3.41. The molecule has 0 spiro atoms. The maximum atomic E-state index is 11.9. The van der Waals surface area contributed by atoms with Crippen molar-refractivity contribution in [2.45, 2.75) is 25.4 Å². The third kappa shape index (κ3) is 5.42. The highest BCUT2D eigenvalue weighted by Crippen LogP contribution is 2.16. The molecule has 2 N–H and O–H groups in total. The van der Waals surface area contributed by atoms with E-state index < -0.39 is 0 Å². The molecule has 0 aliphatic heterocycles. The summed E-state index contributed by atoms with van der Waals surface area (Å²) in [6.45, 7) is 4.42. The summed E-state index contributed by atoms with van der Waals surface area (Å²) in [6.07, 6.45) is 3.43. The van der Waals surface area contributed by atoms with Crippen LogP contribution in [0.2, 0.25) is 0 Å². The molecular formula is C17H22N4O2S. The Morgan fingerprint density at radius 1 is 1.25 bits per heavy atom. The molecule has 2 aromatic rings. The minimum Gasteiger partial charge on any atom is -0.355 e. The van der Waals surface area contributed by atoms with Gasteiger partial charge in [-0.05, 0) is 25.5 Å². The fraction of sp³-hybridized carbons (Fsp3) is 0.353. The number of amides is 2. The van der Waals surface area contributed by atoms with Crippen molar-refractivity contribution in [1.82, 2.24) is 14.9 Å². The van der Waals surface area contributed by atoms with Crippen LogP contribution in [0.15, 0.2) is 35.7 Å². The molecule has 6 nitrogen and oxygen atoms in total. The lowest BCUT2D eigenvalue weighted by atomic mass is 10.1. The lowest BCUT2D eigenvalue weighted by Crippen LogP contribution is -2.29. The number of benzene rings is 1. The second-order valence-electron chi connectivity index (χ2n) is 5.56. The van der Waals surface area contributed by atoms with Gasteiger partial charge >= 0.3 is 0 Å². The molecule has 2 rings (SSSR count). The summed E-state index contributed by atoms with van der Waals surface area (Å²) in [6, 6.07) is 5.77. The van der Waals surface area contributed by atoms with Gasteiger partial charge in [-0.2, -0.15) is 0 Å². The molecule has 0 saturated carbocycles. The number of nitrogens with one attached hydrogen (secondary N) is 2. The molecule has 0 unspecified atom stereocenters. The maximum absolute atomic E-state index is 11.9. The van der Waals surface area contributed by atoms with Gasteiger partial charge in [0.05, 0.1) is 0 Å². The number of rotatable bonds is 7. The molecule has 0 atom stereocenters. The number of aromatic nitrogens is 2. The molecule has 1 heterocycles. The van der Waals surface area contributed by atoms with Crippen LogP contribution in [0, 0.1) is 13.8 Å². The zero-order chi connectivity index (χ0) is 17.5. The second-order valence-corrected chi connectivity index (χ2v) is 6.62. The Morgan fingerprint density at radius 3 is 2.71 bits per heavy atom. The molecule has 0 saturated heterocycles. The van der Waals surface area contributed by atoms with Crippen LogP contribution in [0.25, 0.3) is 0 Å². The van der Waals surface area contributed by atoms with Crippen molar-refractivity contribution in [3.63, 3.8) is 0 Å². The van der Waals surface area contributed by atoms with Crippen LogP contribution < -0.4 is 10.6 Å². The normalized spacial score (nSPS) is 10.5. The molecule has 1 aromatic carbocycles. The van der Waals surface area contributed by atoms with Crippen molar-refractivity contribution >= 4 is 29.3 Å². The van der Waals surface area contributed by atoms with Gasteiger partial charge in [0.1, 0.15) is 6.42 Å². The van der Waals surface area contributed by atoms with Crippen molar-refractivity contribution in [3.8, 4) is 0 Å². The first kappa shape index (κ1) is 18.1. The molecule has 128 valence electrons. The second kappa shape index (κ2) is 8.54. The quantitative estimate of drug-likeness (QED) is 0.458. The predicted octanol–water partition coefficient (Wildman–Crippen LogP) is 2.27. The Morgan fingerprint density at radius 2 is 2.04 bits per heavy atom. The van der Waals surface area contributed by atoms with Gasteiger partial charge in [0.2, 0.25) is 11.8 Å². The van der Waals surface area contributed by atoms with Crippen molar-refractivity contribution in [3.05, 3.63) is 41.7 Å². The molecule has 7 heteroatoms. The smallest absolute Gasteiger partial charge is 0.233 e. The Bertz CT molecular complexity index is 727. The van der Waals surface area contributed by atoms with Crippen LogP contribution in [0.3, 0.4) is 0 Å². The van der Waals surface area contributed by atoms with Gasteiger partial charge in [0, 0.05) is 37.4 Å². The van der Waals surface area contributed by atoms with Crippen LogP contribution in [-0.4, -0.2) is 33.7 Å². The Labute approximate surface area is 146 Å². The van der Waals surface area contributed by atoms with E-state index >= 15 is 0 Å². The average molecular weight is 346 g/mol. The van der Waals surface area contributed by atoms with E-state index in [1.807, 2.05) is 49.9 Å².